The van der Waals surface area contributed by atoms with Crippen LogP contribution in [0.4, 0.5) is 11.4 Å². The maximum Gasteiger partial charge on any atom is 0.270 e. The zero-order chi connectivity index (χ0) is 12.8. The number of carbonyl (C=O) groups excluding carboxylic acids is 1. The van der Waals surface area contributed by atoms with Gasteiger partial charge in [-0.2, -0.15) is 0 Å². The van der Waals surface area contributed by atoms with E-state index in [0.717, 1.165) is 12.8 Å². The molecular formula is C11H13BrN2O3. The molecule has 1 aromatic rings. The highest BCUT2D eigenvalue weighted by atomic mass is 79.9. The molecule has 1 N–H and O–H groups in total. The first-order valence-electron chi connectivity index (χ1n) is 5.28. The quantitative estimate of drug-likeness (QED) is 0.668. The zero-order valence-electron chi connectivity index (χ0n) is 9.40. The molecule has 1 rings (SSSR count). The Morgan fingerprint density at radius 3 is 2.76 bits per heavy atom. The van der Waals surface area contributed by atoms with Gasteiger partial charge >= 0.3 is 0 Å². The third kappa shape index (κ3) is 4.14. The van der Waals surface area contributed by atoms with Gasteiger partial charge in [0.15, 0.2) is 0 Å². The summed E-state index contributed by atoms with van der Waals surface area (Å²) in [6.07, 6.45) is 2.24. The number of benzene rings is 1. The molecule has 17 heavy (non-hydrogen) atoms. The number of nitro groups is 1. The molecule has 0 unspecified atom stereocenters. The summed E-state index contributed by atoms with van der Waals surface area (Å²) >= 11 is 3.19. The standard InChI is InChI=1S/C11H13BrN2O3/c1-2-3-4-11(15)13-10-6-5-8(14(16)17)7-9(10)12/h5-7H,2-4H2,1H3,(H,13,15). The molecule has 92 valence electrons. The van der Waals surface area contributed by atoms with E-state index in [2.05, 4.69) is 21.2 Å². The molecule has 0 bridgehead atoms. The summed E-state index contributed by atoms with van der Waals surface area (Å²) in [4.78, 5) is 21.5. The van der Waals surface area contributed by atoms with Crippen LogP contribution in [0.5, 0.6) is 0 Å². The lowest BCUT2D eigenvalue weighted by Gasteiger charge is -2.06. The third-order valence-corrected chi connectivity index (χ3v) is 2.85. The normalized spacial score (nSPS) is 10.0. The number of amides is 1. The van der Waals surface area contributed by atoms with Gasteiger partial charge in [0.25, 0.3) is 5.69 Å². The Balaban J connectivity index is 2.72. The van der Waals surface area contributed by atoms with E-state index in [9.17, 15) is 14.9 Å². The molecule has 0 fully saturated rings. The minimum absolute atomic E-state index is 0.0107. The molecule has 0 spiro atoms. The summed E-state index contributed by atoms with van der Waals surface area (Å²) < 4.78 is 0.511. The van der Waals surface area contributed by atoms with Crippen molar-refractivity contribution in [3.8, 4) is 0 Å². The minimum atomic E-state index is -0.479. The Hall–Kier alpha value is -1.43. The molecule has 0 radical (unpaired) electrons. The fourth-order valence-electron chi connectivity index (χ4n) is 1.27. The zero-order valence-corrected chi connectivity index (χ0v) is 11.0. The summed E-state index contributed by atoms with van der Waals surface area (Å²) in [5.41, 5.74) is 0.542. The first-order valence-corrected chi connectivity index (χ1v) is 6.07. The van der Waals surface area contributed by atoms with E-state index in [1.165, 1.54) is 18.2 Å². The second-order valence-corrected chi connectivity index (χ2v) is 4.43. The Kier molecular flexibility index (Phi) is 5.09. The molecule has 0 aromatic heterocycles. The summed E-state index contributed by atoms with van der Waals surface area (Å²) in [6.45, 7) is 2.01. The highest BCUT2D eigenvalue weighted by Gasteiger charge is 2.10. The average Bonchev–Trinajstić information content (AvgIpc) is 2.28. The van der Waals surface area contributed by atoms with Gasteiger partial charge in [0.05, 0.1) is 10.6 Å². The van der Waals surface area contributed by atoms with Crippen LogP contribution < -0.4 is 5.32 Å². The Morgan fingerprint density at radius 2 is 2.24 bits per heavy atom. The fourth-order valence-corrected chi connectivity index (χ4v) is 1.73. The summed E-state index contributed by atoms with van der Waals surface area (Å²) in [5.74, 6) is -0.0820. The molecule has 1 amide bonds. The average molecular weight is 301 g/mol. The molecule has 0 saturated heterocycles. The summed E-state index contributed by atoms with van der Waals surface area (Å²) in [6, 6.07) is 4.25. The Morgan fingerprint density at radius 1 is 1.53 bits per heavy atom. The van der Waals surface area contributed by atoms with Crippen molar-refractivity contribution < 1.29 is 9.72 Å². The second kappa shape index (κ2) is 6.34. The lowest BCUT2D eigenvalue weighted by atomic mass is 10.2. The van der Waals surface area contributed by atoms with Gasteiger partial charge in [-0.25, -0.2) is 0 Å². The Bertz CT molecular complexity index is 435. The smallest absolute Gasteiger partial charge is 0.270 e. The van der Waals surface area contributed by atoms with Gasteiger partial charge in [-0.1, -0.05) is 13.3 Å². The SMILES string of the molecule is CCCCC(=O)Nc1ccc([N+](=O)[O-])cc1Br. The van der Waals surface area contributed by atoms with E-state index in [1.54, 1.807) is 0 Å². The van der Waals surface area contributed by atoms with Gasteiger partial charge in [0, 0.05) is 23.0 Å². The van der Waals surface area contributed by atoms with E-state index < -0.39 is 4.92 Å². The van der Waals surface area contributed by atoms with Crippen LogP contribution in [0.1, 0.15) is 26.2 Å². The van der Waals surface area contributed by atoms with Gasteiger partial charge in [0.1, 0.15) is 0 Å². The number of unbranched alkanes of at least 4 members (excludes halogenated alkanes) is 1. The van der Waals surface area contributed by atoms with Crippen molar-refractivity contribution in [2.45, 2.75) is 26.2 Å². The van der Waals surface area contributed by atoms with Crippen molar-refractivity contribution in [1.29, 1.82) is 0 Å². The van der Waals surface area contributed by atoms with Gasteiger partial charge in [-0.15, -0.1) is 0 Å². The van der Waals surface area contributed by atoms with Crippen molar-refractivity contribution in [2.75, 3.05) is 5.32 Å². The maximum absolute atomic E-state index is 11.5. The summed E-state index contributed by atoms with van der Waals surface area (Å²) in [5, 5.41) is 13.2. The number of carbonyl (C=O) groups is 1. The molecule has 1 aromatic carbocycles. The maximum atomic E-state index is 11.5. The number of nitro benzene ring substituents is 1. The molecule has 5 nitrogen and oxygen atoms in total. The molecule has 6 heteroatoms. The van der Waals surface area contributed by atoms with Crippen LogP contribution in [0, 0.1) is 10.1 Å². The van der Waals surface area contributed by atoms with Crippen molar-refractivity contribution in [3.63, 3.8) is 0 Å². The topological polar surface area (TPSA) is 72.2 Å². The molecule has 0 aliphatic heterocycles. The van der Waals surface area contributed by atoms with Crippen LogP contribution >= 0.6 is 15.9 Å². The van der Waals surface area contributed by atoms with Gasteiger partial charge < -0.3 is 5.32 Å². The molecule has 0 aliphatic carbocycles. The number of halogens is 1. The van der Waals surface area contributed by atoms with Gasteiger partial charge in [-0.05, 0) is 28.4 Å². The van der Waals surface area contributed by atoms with Crippen LogP contribution in [-0.4, -0.2) is 10.8 Å². The molecule has 0 saturated carbocycles. The number of anilines is 1. The lowest BCUT2D eigenvalue weighted by Crippen LogP contribution is -2.11. The number of non-ortho nitro benzene ring substituents is 1. The monoisotopic (exact) mass is 300 g/mol. The van der Waals surface area contributed by atoms with E-state index >= 15 is 0 Å². The van der Waals surface area contributed by atoms with E-state index in [4.69, 9.17) is 0 Å². The number of rotatable bonds is 5. The van der Waals surface area contributed by atoms with E-state index in [0.29, 0.717) is 16.6 Å². The van der Waals surface area contributed by atoms with Crippen molar-refractivity contribution in [1.82, 2.24) is 0 Å². The van der Waals surface area contributed by atoms with Crippen LogP contribution in [0.15, 0.2) is 22.7 Å². The largest absolute Gasteiger partial charge is 0.325 e. The van der Waals surface area contributed by atoms with E-state index in [-0.39, 0.29) is 11.6 Å². The number of nitrogens with zero attached hydrogens (tertiary/aromatic N) is 1. The third-order valence-electron chi connectivity index (χ3n) is 2.19. The van der Waals surface area contributed by atoms with Crippen LogP contribution in [0.3, 0.4) is 0 Å². The first kappa shape index (κ1) is 13.6. The predicted octanol–water partition coefficient (Wildman–Crippen LogP) is 3.49. The highest BCUT2D eigenvalue weighted by molar-refractivity contribution is 9.10. The lowest BCUT2D eigenvalue weighted by molar-refractivity contribution is -0.384. The van der Waals surface area contributed by atoms with Crippen LogP contribution in [0.25, 0.3) is 0 Å². The number of hydrogen-bond donors (Lipinski definition) is 1. The van der Waals surface area contributed by atoms with Gasteiger partial charge in [-0.3, -0.25) is 14.9 Å². The van der Waals surface area contributed by atoms with Crippen molar-refractivity contribution in [3.05, 3.63) is 32.8 Å². The molecule has 0 atom stereocenters. The van der Waals surface area contributed by atoms with Crippen LogP contribution in [0.2, 0.25) is 0 Å². The first-order chi connectivity index (χ1) is 8.04. The molecule has 0 aliphatic rings. The number of nitrogens with one attached hydrogen (secondary N) is 1. The molecular weight excluding hydrogens is 288 g/mol. The Labute approximate surface area is 107 Å². The van der Waals surface area contributed by atoms with Gasteiger partial charge in [0.2, 0.25) is 5.91 Å². The van der Waals surface area contributed by atoms with Crippen molar-refractivity contribution in [2.24, 2.45) is 0 Å². The van der Waals surface area contributed by atoms with Crippen LogP contribution in [-0.2, 0) is 4.79 Å². The minimum Gasteiger partial charge on any atom is -0.325 e. The number of hydrogen-bond acceptors (Lipinski definition) is 3. The second-order valence-electron chi connectivity index (χ2n) is 3.57. The van der Waals surface area contributed by atoms with E-state index in [1.807, 2.05) is 6.92 Å². The molecule has 0 heterocycles. The predicted molar refractivity (Wildman–Crippen MR) is 69.0 cm³/mol. The highest BCUT2D eigenvalue weighted by Crippen LogP contribution is 2.27. The fraction of sp³-hybridized carbons (Fsp3) is 0.364. The summed E-state index contributed by atoms with van der Waals surface area (Å²) in [7, 11) is 0. The van der Waals surface area contributed by atoms with Crippen molar-refractivity contribution >= 4 is 33.2 Å².